The van der Waals surface area contributed by atoms with Crippen molar-refractivity contribution >= 4 is 11.8 Å². The summed E-state index contributed by atoms with van der Waals surface area (Å²) in [6, 6.07) is 0. The predicted molar refractivity (Wildman–Crippen MR) is 48.9 cm³/mol. The average Bonchev–Trinajstić information content (AvgIpc) is 2.01. The Morgan fingerprint density at radius 2 is 1.21 bits per heavy atom. The lowest BCUT2D eigenvalue weighted by Crippen LogP contribution is -2.46. The molecule has 0 spiro atoms. The first kappa shape index (κ1) is 12.9. The first-order valence-corrected chi connectivity index (χ1v) is 4.14. The third-order valence-electron chi connectivity index (χ3n) is 2.16. The maximum absolute atomic E-state index is 10.7. The number of amides is 2. The average molecular weight is 204 g/mol. The monoisotopic (exact) mass is 204 g/mol. The fourth-order valence-corrected chi connectivity index (χ4v) is 0.733. The van der Waals surface area contributed by atoms with E-state index in [0.717, 1.165) is 0 Å². The topological polar surface area (TPSA) is 127 Å². The molecule has 0 aromatic heterocycles. The molecule has 2 amide bonds. The summed E-state index contributed by atoms with van der Waals surface area (Å²) in [6.45, 7) is 2.43. The smallest absolute Gasteiger partial charge is 0.249 e. The molecule has 0 aromatic rings. The van der Waals surface area contributed by atoms with Crippen LogP contribution in [0, 0.1) is 0 Å². The Morgan fingerprint density at radius 1 is 1.00 bits per heavy atom. The van der Waals surface area contributed by atoms with Gasteiger partial charge in [-0.2, -0.15) is 0 Å². The normalized spacial score (nSPS) is 19.4. The summed E-state index contributed by atoms with van der Waals surface area (Å²) in [4.78, 5) is 21.4. The van der Waals surface area contributed by atoms with E-state index >= 15 is 0 Å². The summed E-state index contributed by atoms with van der Waals surface area (Å²) in [5.41, 5.74) is 6.30. The number of carbonyl (C=O) groups excluding carboxylic acids is 2. The van der Waals surface area contributed by atoms with E-state index in [0.29, 0.717) is 0 Å². The molecule has 2 atom stereocenters. The van der Waals surface area contributed by atoms with E-state index in [4.69, 9.17) is 11.5 Å². The van der Waals surface area contributed by atoms with Crippen molar-refractivity contribution in [2.75, 3.05) is 0 Å². The van der Waals surface area contributed by atoms with Crippen molar-refractivity contribution < 1.29 is 19.8 Å². The summed E-state index contributed by atoms with van der Waals surface area (Å²) >= 11 is 0. The second-order valence-corrected chi connectivity index (χ2v) is 3.78. The molecule has 0 rings (SSSR count). The van der Waals surface area contributed by atoms with Crippen LogP contribution in [0.3, 0.4) is 0 Å². The van der Waals surface area contributed by atoms with Gasteiger partial charge in [0.2, 0.25) is 11.8 Å². The fraction of sp³-hybridized carbons (Fsp3) is 0.750. The van der Waals surface area contributed by atoms with Crippen LogP contribution in [0.5, 0.6) is 0 Å². The van der Waals surface area contributed by atoms with Gasteiger partial charge in [0.05, 0.1) is 0 Å². The van der Waals surface area contributed by atoms with Gasteiger partial charge in [-0.3, -0.25) is 9.59 Å². The number of aliphatic hydroxyl groups is 2. The number of carbonyl (C=O) groups is 2. The van der Waals surface area contributed by atoms with E-state index in [1.807, 2.05) is 0 Å². The van der Waals surface area contributed by atoms with Crippen LogP contribution in [-0.4, -0.2) is 33.2 Å². The molecule has 0 bridgehead atoms. The van der Waals surface area contributed by atoms with Gasteiger partial charge >= 0.3 is 0 Å². The highest BCUT2D eigenvalue weighted by Gasteiger charge is 2.34. The van der Waals surface area contributed by atoms with E-state index in [1.165, 1.54) is 13.8 Å². The second-order valence-electron chi connectivity index (χ2n) is 3.78. The van der Waals surface area contributed by atoms with Gasteiger partial charge in [-0.05, 0) is 26.7 Å². The highest BCUT2D eigenvalue weighted by molar-refractivity contribution is 5.84. The van der Waals surface area contributed by atoms with E-state index < -0.39 is 23.0 Å². The van der Waals surface area contributed by atoms with Crippen molar-refractivity contribution in [3.63, 3.8) is 0 Å². The summed E-state index contributed by atoms with van der Waals surface area (Å²) < 4.78 is 0. The molecule has 0 aromatic carbocycles. The molecule has 0 saturated carbocycles. The molecular weight excluding hydrogens is 188 g/mol. The van der Waals surface area contributed by atoms with Crippen molar-refractivity contribution in [3.05, 3.63) is 0 Å². The molecule has 82 valence electrons. The summed E-state index contributed by atoms with van der Waals surface area (Å²) in [7, 11) is 0. The molecule has 0 aliphatic rings. The molecule has 14 heavy (non-hydrogen) atoms. The van der Waals surface area contributed by atoms with Gasteiger partial charge in [0.1, 0.15) is 11.2 Å². The van der Waals surface area contributed by atoms with Crippen LogP contribution in [-0.2, 0) is 9.59 Å². The highest BCUT2D eigenvalue weighted by atomic mass is 16.3. The predicted octanol–water partition coefficient (Wildman–Crippen LogP) is -1.76. The second kappa shape index (κ2) is 3.93. The Labute approximate surface area is 81.9 Å². The van der Waals surface area contributed by atoms with E-state index in [-0.39, 0.29) is 12.8 Å². The first-order valence-electron chi connectivity index (χ1n) is 4.14. The van der Waals surface area contributed by atoms with Gasteiger partial charge in [0, 0.05) is 0 Å². The standard InChI is InChI=1S/C8H16N2O4/c1-7(13,5(9)11)3-4-8(2,14)6(10)12/h13-14H,3-4H2,1-2H3,(H2,9,11)(H2,10,12). The van der Waals surface area contributed by atoms with Crippen molar-refractivity contribution in [3.8, 4) is 0 Å². The van der Waals surface area contributed by atoms with E-state index in [2.05, 4.69) is 0 Å². The van der Waals surface area contributed by atoms with Crippen LogP contribution in [0.4, 0.5) is 0 Å². The van der Waals surface area contributed by atoms with Gasteiger partial charge in [-0.25, -0.2) is 0 Å². The lowest BCUT2D eigenvalue weighted by atomic mass is 9.91. The van der Waals surface area contributed by atoms with E-state index in [1.54, 1.807) is 0 Å². The Bertz CT molecular complexity index is 222. The summed E-state index contributed by atoms with van der Waals surface area (Å²) in [6.07, 6.45) is -0.253. The SMILES string of the molecule is CC(O)(CCC(C)(O)C(N)=O)C(N)=O. The van der Waals surface area contributed by atoms with Crippen LogP contribution in [0.25, 0.3) is 0 Å². The Morgan fingerprint density at radius 3 is 1.36 bits per heavy atom. The van der Waals surface area contributed by atoms with Crippen LogP contribution in [0.15, 0.2) is 0 Å². The molecule has 2 unspecified atom stereocenters. The van der Waals surface area contributed by atoms with Crippen LogP contribution in [0.1, 0.15) is 26.7 Å². The van der Waals surface area contributed by atoms with E-state index in [9.17, 15) is 19.8 Å². The van der Waals surface area contributed by atoms with Crippen molar-refractivity contribution in [2.24, 2.45) is 11.5 Å². The molecule has 0 fully saturated rings. The van der Waals surface area contributed by atoms with Crippen molar-refractivity contribution in [1.29, 1.82) is 0 Å². The molecule has 0 aliphatic carbocycles. The minimum atomic E-state index is -1.74. The molecule has 0 saturated heterocycles. The minimum Gasteiger partial charge on any atom is -0.380 e. The van der Waals surface area contributed by atoms with Gasteiger partial charge in [0.15, 0.2) is 0 Å². The zero-order valence-electron chi connectivity index (χ0n) is 8.28. The third-order valence-corrected chi connectivity index (χ3v) is 2.16. The summed E-state index contributed by atoms with van der Waals surface area (Å²) in [5, 5.41) is 18.8. The number of hydrogen-bond acceptors (Lipinski definition) is 4. The minimum absolute atomic E-state index is 0.127. The largest absolute Gasteiger partial charge is 0.380 e. The van der Waals surface area contributed by atoms with Crippen LogP contribution < -0.4 is 11.5 Å². The number of primary amides is 2. The zero-order chi connectivity index (χ0) is 11.6. The number of nitrogens with two attached hydrogens (primary N) is 2. The molecule has 6 nitrogen and oxygen atoms in total. The Hall–Kier alpha value is -1.14. The molecule has 0 radical (unpaired) electrons. The Balaban J connectivity index is 4.32. The molecule has 6 heteroatoms. The molecule has 6 N–H and O–H groups in total. The molecule has 0 heterocycles. The Kier molecular flexibility index (Phi) is 3.61. The van der Waals surface area contributed by atoms with Gasteiger partial charge < -0.3 is 21.7 Å². The van der Waals surface area contributed by atoms with Crippen molar-refractivity contribution in [1.82, 2.24) is 0 Å². The lowest BCUT2D eigenvalue weighted by molar-refractivity contribution is -0.141. The van der Waals surface area contributed by atoms with Gasteiger partial charge in [-0.1, -0.05) is 0 Å². The van der Waals surface area contributed by atoms with Gasteiger partial charge in [0.25, 0.3) is 0 Å². The quantitative estimate of drug-likeness (QED) is 0.423. The fourth-order valence-electron chi connectivity index (χ4n) is 0.733. The van der Waals surface area contributed by atoms with Crippen LogP contribution >= 0.6 is 0 Å². The number of hydrogen-bond donors (Lipinski definition) is 4. The third kappa shape index (κ3) is 3.31. The highest BCUT2D eigenvalue weighted by Crippen LogP contribution is 2.18. The van der Waals surface area contributed by atoms with Crippen LogP contribution in [0.2, 0.25) is 0 Å². The van der Waals surface area contributed by atoms with Crippen molar-refractivity contribution in [2.45, 2.75) is 37.9 Å². The first-order chi connectivity index (χ1) is 6.09. The van der Waals surface area contributed by atoms with Gasteiger partial charge in [-0.15, -0.1) is 0 Å². The molecular formula is C8H16N2O4. The molecule has 0 aliphatic heterocycles. The lowest BCUT2D eigenvalue weighted by Gasteiger charge is -2.24. The maximum atomic E-state index is 10.7. The number of rotatable bonds is 5. The zero-order valence-corrected chi connectivity index (χ0v) is 8.28. The summed E-state index contributed by atoms with van der Waals surface area (Å²) in [5.74, 6) is -1.81. The maximum Gasteiger partial charge on any atom is 0.249 e.